The van der Waals surface area contributed by atoms with Crippen molar-refractivity contribution in [3.8, 4) is 0 Å². The minimum Gasteiger partial charge on any atom is -0.311 e. The fraction of sp³-hybridized carbons (Fsp3) is 1.00. The van der Waals surface area contributed by atoms with E-state index < -0.39 is 0 Å². The van der Waals surface area contributed by atoms with Gasteiger partial charge in [-0.1, -0.05) is 65.7 Å². The molecule has 1 nitrogen and oxygen atoms in total. The van der Waals surface area contributed by atoms with Crippen LogP contribution in [-0.4, -0.2) is 12.1 Å². The van der Waals surface area contributed by atoms with E-state index >= 15 is 0 Å². The van der Waals surface area contributed by atoms with E-state index in [9.17, 15) is 0 Å². The first-order chi connectivity index (χ1) is 8.77. The van der Waals surface area contributed by atoms with Crippen molar-refractivity contribution in [1.29, 1.82) is 0 Å². The highest BCUT2D eigenvalue weighted by Gasteiger charge is 2.25. The van der Waals surface area contributed by atoms with Gasteiger partial charge in [-0.3, -0.25) is 0 Å². The van der Waals surface area contributed by atoms with Gasteiger partial charge in [0.25, 0.3) is 0 Å². The first kappa shape index (κ1) is 16.0. The van der Waals surface area contributed by atoms with Crippen LogP contribution in [0, 0.1) is 5.92 Å². The van der Waals surface area contributed by atoms with Gasteiger partial charge in [-0.15, -0.1) is 0 Å². The smallest absolute Gasteiger partial charge is 0.00952 e. The van der Waals surface area contributed by atoms with Crippen molar-refractivity contribution in [2.75, 3.05) is 0 Å². The molecule has 108 valence electrons. The van der Waals surface area contributed by atoms with E-state index in [0.717, 1.165) is 18.0 Å². The van der Waals surface area contributed by atoms with Crippen molar-refractivity contribution in [2.24, 2.45) is 5.92 Å². The minimum atomic E-state index is 0.800. The lowest BCUT2D eigenvalue weighted by Crippen LogP contribution is -2.39. The molecule has 0 saturated heterocycles. The summed E-state index contributed by atoms with van der Waals surface area (Å²) >= 11 is 0. The second-order valence-electron chi connectivity index (χ2n) is 6.37. The van der Waals surface area contributed by atoms with Crippen molar-refractivity contribution in [3.05, 3.63) is 0 Å². The molecule has 1 heteroatoms. The summed E-state index contributed by atoms with van der Waals surface area (Å²) in [4.78, 5) is 0. The van der Waals surface area contributed by atoms with Crippen LogP contribution in [0.2, 0.25) is 0 Å². The SMILES string of the molecule is CCCCCC(CCCCC)NC1CCCC1C. The minimum absolute atomic E-state index is 0.800. The van der Waals surface area contributed by atoms with E-state index in [4.69, 9.17) is 0 Å². The van der Waals surface area contributed by atoms with E-state index in [-0.39, 0.29) is 0 Å². The Morgan fingerprint density at radius 3 is 2.00 bits per heavy atom. The molecule has 1 rings (SSSR count). The van der Waals surface area contributed by atoms with Gasteiger partial charge in [0.1, 0.15) is 0 Å². The molecule has 1 fully saturated rings. The van der Waals surface area contributed by atoms with Crippen molar-refractivity contribution in [3.63, 3.8) is 0 Å². The summed E-state index contributed by atoms with van der Waals surface area (Å²) in [6, 6.07) is 1.62. The molecular formula is C17H35N. The molecule has 1 N–H and O–H groups in total. The Kier molecular flexibility index (Phi) is 8.75. The maximum atomic E-state index is 3.98. The normalized spacial score (nSPS) is 24.0. The maximum Gasteiger partial charge on any atom is 0.00952 e. The molecule has 1 saturated carbocycles. The molecule has 0 aromatic carbocycles. The summed E-state index contributed by atoms with van der Waals surface area (Å²) in [6.07, 6.45) is 15.5. The number of unbranched alkanes of at least 4 members (excludes halogenated alkanes) is 4. The van der Waals surface area contributed by atoms with E-state index in [1.165, 1.54) is 70.6 Å². The quantitative estimate of drug-likeness (QED) is 0.521. The first-order valence-corrected chi connectivity index (χ1v) is 8.54. The molecule has 1 aliphatic rings. The molecule has 18 heavy (non-hydrogen) atoms. The average molecular weight is 253 g/mol. The van der Waals surface area contributed by atoms with Crippen LogP contribution in [0.5, 0.6) is 0 Å². The Balaban J connectivity index is 2.27. The van der Waals surface area contributed by atoms with E-state index in [2.05, 4.69) is 26.1 Å². The number of hydrogen-bond donors (Lipinski definition) is 1. The van der Waals surface area contributed by atoms with Gasteiger partial charge in [-0.05, 0) is 31.6 Å². The predicted octanol–water partition coefficient (Wildman–Crippen LogP) is 5.29. The van der Waals surface area contributed by atoms with Gasteiger partial charge in [-0.25, -0.2) is 0 Å². The van der Waals surface area contributed by atoms with Crippen LogP contribution in [0.15, 0.2) is 0 Å². The van der Waals surface area contributed by atoms with Crippen molar-refractivity contribution in [1.82, 2.24) is 5.32 Å². The lowest BCUT2D eigenvalue weighted by molar-refractivity contribution is 0.333. The summed E-state index contributed by atoms with van der Waals surface area (Å²) in [5, 5.41) is 3.98. The van der Waals surface area contributed by atoms with Crippen LogP contribution in [0.25, 0.3) is 0 Å². The zero-order chi connectivity index (χ0) is 13.2. The highest BCUT2D eigenvalue weighted by Crippen LogP contribution is 2.26. The molecular weight excluding hydrogens is 218 g/mol. The van der Waals surface area contributed by atoms with Crippen LogP contribution in [0.4, 0.5) is 0 Å². The molecule has 0 radical (unpaired) electrons. The van der Waals surface area contributed by atoms with Gasteiger partial charge in [0.05, 0.1) is 0 Å². The third-order valence-electron chi connectivity index (χ3n) is 4.62. The zero-order valence-corrected chi connectivity index (χ0v) is 13.0. The average Bonchev–Trinajstić information content (AvgIpc) is 2.75. The van der Waals surface area contributed by atoms with Gasteiger partial charge in [0, 0.05) is 12.1 Å². The zero-order valence-electron chi connectivity index (χ0n) is 13.0. The third kappa shape index (κ3) is 6.22. The summed E-state index contributed by atoms with van der Waals surface area (Å²) in [7, 11) is 0. The molecule has 2 unspecified atom stereocenters. The highest BCUT2D eigenvalue weighted by molar-refractivity contribution is 4.83. The molecule has 0 amide bonds. The lowest BCUT2D eigenvalue weighted by atomic mass is 9.98. The molecule has 1 aliphatic carbocycles. The van der Waals surface area contributed by atoms with E-state index in [1.807, 2.05) is 0 Å². The van der Waals surface area contributed by atoms with Crippen molar-refractivity contribution >= 4 is 0 Å². The summed E-state index contributed by atoms with van der Waals surface area (Å²) < 4.78 is 0. The fourth-order valence-electron chi connectivity index (χ4n) is 3.29. The van der Waals surface area contributed by atoms with Gasteiger partial charge >= 0.3 is 0 Å². The standard InChI is InChI=1S/C17H35N/c1-4-6-8-12-16(13-9-7-5-2)18-17-14-10-11-15(17)3/h15-18H,4-14H2,1-3H3. The predicted molar refractivity (Wildman–Crippen MR) is 82.0 cm³/mol. The summed E-state index contributed by atoms with van der Waals surface area (Å²) in [6.45, 7) is 7.04. The molecule has 2 atom stereocenters. The van der Waals surface area contributed by atoms with E-state index in [1.54, 1.807) is 0 Å². The van der Waals surface area contributed by atoms with Gasteiger partial charge < -0.3 is 5.32 Å². The van der Waals surface area contributed by atoms with Crippen LogP contribution in [-0.2, 0) is 0 Å². The third-order valence-corrected chi connectivity index (χ3v) is 4.62. The Hall–Kier alpha value is -0.0400. The Bertz CT molecular complexity index is 180. The van der Waals surface area contributed by atoms with Crippen molar-refractivity contribution in [2.45, 2.75) is 103 Å². The first-order valence-electron chi connectivity index (χ1n) is 8.54. The Morgan fingerprint density at radius 1 is 0.944 bits per heavy atom. The topological polar surface area (TPSA) is 12.0 Å². The molecule has 0 heterocycles. The number of nitrogens with one attached hydrogen (secondary N) is 1. The maximum absolute atomic E-state index is 3.98. The van der Waals surface area contributed by atoms with Gasteiger partial charge in [0.2, 0.25) is 0 Å². The largest absolute Gasteiger partial charge is 0.311 e. The number of rotatable bonds is 10. The Labute approximate surface area is 115 Å². The lowest BCUT2D eigenvalue weighted by Gasteiger charge is -2.26. The second-order valence-corrected chi connectivity index (χ2v) is 6.37. The molecule has 0 spiro atoms. The van der Waals surface area contributed by atoms with Crippen molar-refractivity contribution < 1.29 is 0 Å². The van der Waals surface area contributed by atoms with Crippen LogP contribution >= 0.6 is 0 Å². The molecule has 0 bridgehead atoms. The van der Waals surface area contributed by atoms with Gasteiger partial charge in [0.15, 0.2) is 0 Å². The molecule has 0 aromatic rings. The van der Waals surface area contributed by atoms with Crippen LogP contribution in [0.3, 0.4) is 0 Å². The molecule has 0 aromatic heterocycles. The highest BCUT2D eigenvalue weighted by atomic mass is 15.0. The summed E-state index contributed by atoms with van der Waals surface area (Å²) in [5.41, 5.74) is 0. The van der Waals surface area contributed by atoms with E-state index in [0.29, 0.717) is 0 Å². The Morgan fingerprint density at radius 2 is 1.56 bits per heavy atom. The number of hydrogen-bond acceptors (Lipinski definition) is 1. The summed E-state index contributed by atoms with van der Waals surface area (Å²) in [5.74, 6) is 0.907. The van der Waals surface area contributed by atoms with Crippen LogP contribution in [0.1, 0.15) is 91.4 Å². The monoisotopic (exact) mass is 253 g/mol. The van der Waals surface area contributed by atoms with Gasteiger partial charge in [-0.2, -0.15) is 0 Å². The second kappa shape index (κ2) is 9.83. The molecule has 0 aliphatic heterocycles. The van der Waals surface area contributed by atoms with Crippen LogP contribution < -0.4 is 5.32 Å². The fourth-order valence-corrected chi connectivity index (χ4v) is 3.29.